The molecule has 1 aromatic carbocycles. The van der Waals surface area contributed by atoms with Crippen molar-refractivity contribution in [2.75, 3.05) is 13.1 Å². The van der Waals surface area contributed by atoms with Crippen molar-refractivity contribution in [1.29, 1.82) is 0 Å². The van der Waals surface area contributed by atoms with E-state index in [0.29, 0.717) is 31.3 Å². The molecule has 21 heavy (non-hydrogen) atoms. The number of carbonyl (C=O) groups excluding carboxylic acids is 1. The summed E-state index contributed by atoms with van der Waals surface area (Å²) in [4.78, 5) is 11.9. The minimum absolute atomic E-state index is 0.0669. The minimum atomic E-state index is -4.61. The molecular formula is C14H16F4N2O. The maximum atomic E-state index is 13.5. The lowest BCUT2D eigenvalue weighted by Crippen LogP contribution is -2.32. The van der Waals surface area contributed by atoms with E-state index >= 15 is 0 Å². The van der Waals surface area contributed by atoms with E-state index < -0.39 is 29.0 Å². The Morgan fingerprint density at radius 3 is 2.52 bits per heavy atom. The number of halogens is 4. The van der Waals surface area contributed by atoms with Crippen LogP contribution >= 0.6 is 0 Å². The van der Waals surface area contributed by atoms with E-state index in [4.69, 9.17) is 5.73 Å². The largest absolute Gasteiger partial charge is 0.416 e. The first-order chi connectivity index (χ1) is 9.77. The molecule has 0 aliphatic heterocycles. The normalized spacial score (nSPS) is 16.6. The predicted molar refractivity (Wildman–Crippen MR) is 69.1 cm³/mol. The summed E-state index contributed by atoms with van der Waals surface area (Å²) >= 11 is 0. The highest BCUT2D eigenvalue weighted by atomic mass is 19.4. The minimum Gasteiger partial charge on any atom is -0.351 e. The van der Waals surface area contributed by atoms with E-state index in [1.165, 1.54) is 0 Å². The highest BCUT2D eigenvalue weighted by Crippen LogP contribution is 2.47. The Balaban J connectivity index is 2.08. The van der Waals surface area contributed by atoms with Gasteiger partial charge in [0.05, 0.1) is 11.1 Å². The van der Waals surface area contributed by atoms with Gasteiger partial charge in [-0.25, -0.2) is 4.39 Å². The highest BCUT2D eigenvalue weighted by molar-refractivity contribution is 5.94. The van der Waals surface area contributed by atoms with Crippen LogP contribution in [-0.4, -0.2) is 19.0 Å². The fourth-order valence-corrected chi connectivity index (χ4v) is 2.24. The van der Waals surface area contributed by atoms with Gasteiger partial charge in [0, 0.05) is 6.54 Å². The molecule has 0 aromatic heterocycles. The molecular weight excluding hydrogens is 288 g/mol. The maximum Gasteiger partial charge on any atom is 0.416 e. The second-order valence-corrected chi connectivity index (χ2v) is 5.41. The van der Waals surface area contributed by atoms with Crippen LogP contribution in [-0.2, 0) is 6.18 Å². The molecule has 1 aromatic rings. The van der Waals surface area contributed by atoms with Crippen LogP contribution in [0.25, 0.3) is 0 Å². The zero-order valence-electron chi connectivity index (χ0n) is 11.3. The summed E-state index contributed by atoms with van der Waals surface area (Å²) in [6.07, 6.45) is -2.05. The quantitative estimate of drug-likeness (QED) is 0.822. The molecule has 0 radical (unpaired) electrons. The number of carbonyl (C=O) groups is 1. The van der Waals surface area contributed by atoms with Crippen LogP contribution < -0.4 is 11.1 Å². The van der Waals surface area contributed by atoms with Crippen LogP contribution in [0.1, 0.15) is 35.2 Å². The lowest BCUT2D eigenvalue weighted by molar-refractivity contribution is -0.137. The fourth-order valence-electron chi connectivity index (χ4n) is 2.24. The number of amides is 1. The molecule has 116 valence electrons. The first-order valence-electron chi connectivity index (χ1n) is 6.62. The molecule has 1 amide bonds. The number of benzene rings is 1. The van der Waals surface area contributed by atoms with Crippen LogP contribution in [0.15, 0.2) is 18.2 Å². The van der Waals surface area contributed by atoms with Gasteiger partial charge in [0.25, 0.3) is 5.91 Å². The highest BCUT2D eigenvalue weighted by Gasteiger charge is 2.41. The molecule has 3 N–H and O–H groups in total. The SMILES string of the molecule is NCCC1(CNC(=O)c2cc(C(F)(F)F)ccc2F)CC1. The molecule has 0 bridgehead atoms. The standard InChI is InChI=1S/C14H16F4N2O/c15-11-2-1-9(14(16,17)18)7-10(11)12(21)20-8-13(3-4-13)5-6-19/h1-2,7H,3-6,8,19H2,(H,20,21). The summed E-state index contributed by atoms with van der Waals surface area (Å²) < 4.78 is 51.3. The third-order valence-electron chi connectivity index (χ3n) is 3.79. The molecule has 1 aliphatic carbocycles. The van der Waals surface area contributed by atoms with Crippen LogP contribution in [0.3, 0.4) is 0 Å². The Morgan fingerprint density at radius 1 is 1.33 bits per heavy atom. The first-order valence-corrected chi connectivity index (χ1v) is 6.62. The van der Waals surface area contributed by atoms with Gasteiger partial charge in [-0.3, -0.25) is 4.79 Å². The monoisotopic (exact) mass is 304 g/mol. The van der Waals surface area contributed by atoms with Crippen LogP contribution in [0.2, 0.25) is 0 Å². The average molecular weight is 304 g/mol. The number of alkyl halides is 3. The Hall–Kier alpha value is -1.63. The smallest absolute Gasteiger partial charge is 0.351 e. The van der Waals surface area contributed by atoms with Crippen molar-refractivity contribution < 1.29 is 22.4 Å². The molecule has 3 nitrogen and oxygen atoms in total. The summed E-state index contributed by atoms with van der Waals surface area (Å²) in [6.45, 7) is 0.784. The molecule has 0 atom stereocenters. The van der Waals surface area contributed by atoms with Gasteiger partial charge in [-0.1, -0.05) is 0 Å². The lowest BCUT2D eigenvalue weighted by Gasteiger charge is -2.15. The van der Waals surface area contributed by atoms with Crippen molar-refractivity contribution in [3.05, 3.63) is 35.1 Å². The van der Waals surface area contributed by atoms with Gasteiger partial charge in [-0.05, 0) is 49.4 Å². The first kappa shape index (κ1) is 15.8. The van der Waals surface area contributed by atoms with E-state index in [0.717, 1.165) is 19.3 Å². The summed E-state index contributed by atoms with van der Waals surface area (Å²) in [7, 11) is 0. The van der Waals surface area contributed by atoms with Gasteiger partial charge in [0.2, 0.25) is 0 Å². The third kappa shape index (κ3) is 3.72. The van der Waals surface area contributed by atoms with Crippen molar-refractivity contribution in [3.63, 3.8) is 0 Å². The van der Waals surface area contributed by atoms with Crippen molar-refractivity contribution in [1.82, 2.24) is 5.32 Å². The van der Waals surface area contributed by atoms with E-state index in [9.17, 15) is 22.4 Å². The Bertz CT molecular complexity index is 538. The van der Waals surface area contributed by atoms with Gasteiger partial charge >= 0.3 is 6.18 Å². The average Bonchev–Trinajstić information content (AvgIpc) is 3.16. The second kappa shape index (κ2) is 5.63. The molecule has 1 saturated carbocycles. The predicted octanol–water partition coefficient (Wildman–Crippen LogP) is 2.70. The lowest BCUT2D eigenvalue weighted by atomic mass is 10.0. The van der Waals surface area contributed by atoms with Crippen molar-refractivity contribution in [2.45, 2.75) is 25.4 Å². The summed E-state index contributed by atoms with van der Waals surface area (Å²) in [5, 5.41) is 2.50. The van der Waals surface area contributed by atoms with Crippen LogP contribution in [0, 0.1) is 11.2 Å². The van der Waals surface area contributed by atoms with E-state index in [1.807, 2.05) is 0 Å². The molecule has 7 heteroatoms. The Labute approximate surface area is 119 Å². The number of hydrogen-bond acceptors (Lipinski definition) is 2. The van der Waals surface area contributed by atoms with Gasteiger partial charge < -0.3 is 11.1 Å². The molecule has 0 unspecified atom stereocenters. The maximum absolute atomic E-state index is 13.5. The van der Waals surface area contributed by atoms with Gasteiger partial charge in [0.15, 0.2) is 0 Å². The van der Waals surface area contributed by atoms with Crippen molar-refractivity contribution in [3.8, 4) is 0 Å². The fraction of sp³-hybridized carbons (Fsp3) is 0.500. The number of rotatable bonds is 5. The molecule has 1 fully saturated rings. The van der Waals surface area contributed by atoms with Gasteiger partial charge in [-0.15, -0.1) is 0 Å². The number of nitrogens with two attached hydrogens (primary N) is 1. The molecule has 1 aliphatic rings. The summed E-state index contributed by atoms with van der Waals surface area (Å²) in [5.41, 5.74) is 3.77. The number of hydrogen-bond donors (Lipinski definition) is 2. The zero-order chi connectivity index (χ0) is 15.7. The van der Waals surface area contributed by atoms with Crippen LogP contribution in [0.4, 0.5) is 17.6 Å². The molecule has 2 rings (SSSR count). The van der Waals surface area contributed by atoms with Crippen molar-refractivity contribution in [2.24, 2.45) is 11.1 Å². The van der Waals surface area contributed by atoms with Gasteiger partial charge in [0.1, 0.15) is 5.82 Å². The number of nitrogens with one attached hydrogen (secondary N) is 1. The molecule has 0 spiro atoms. The molecule has 0 saturated heterocycles. The van der Waals surface area contributed by atoms with Crippen molar-refractivity contribution >= 4 is 5.91 Å². The van der Waals surface area contributed by atoms with Crippen LogP contribution in [0.5, 0.6) is 0 Å². The summed E-state index contributed by atoms with van der Waals surface area (Å²) in [6, 6.07) is 1.81. The molecule has 0 heterocycles. The second-order valence-electron chi connectivity index (χ2n) is 5.41. The van der Waals surface area contributed by atoms with Gasteiger partial charge in [-0.2, -0.15) is 13.2 Å². The third-order valence-corrected chi connectivity index (χ3v) is 3.79. The van der Waals surface area contributed by atoms with E-state index in [-0.39, 0.29) is 5.41 Å². The van der Waals surface area contributed by atoms with E-state index in [1.54, 1.807) is 0 Å². The zero-order valence-corrected chi connectivity index (χ0v) is 11.3. The topological polar surface area (TPSA) is 55.1 Å². The van der Waals surface area contributed by atoms with E-state index in [2.05, 4.69) is 5.32 Å². The Morgan fingerprint density at radius 2 is 2.00 bits per heavy atom. The summed E-state index contributed by atoms with van der Waals surface area (Å²) in [5.74, 6) is -1.80. The Kier molecular flexibility index (Phi) is 4.22.